The molecule has 5 nitrogen and oxygen atoms in total. The molecule has 0 aliphatic rings. The van der Waals surface area contributed by atoms with E-state index >= 15 is 0 Å². The lowest BCUT2D eigenvalue weighted by Crippen LogP contribution is -2.47. The van der Waals surface area contributed by atoms with Gasteiger partial charge in [-0.1, -0.05) is 24.3 Å². The van der Waals surface area contributed by atoms with E-state index in [0.29, 0.717) is 11.1 Å². The third-order valence-corrected chi connectivity index (χ3v) is 3.65. The molecule has 7 heteroatoms. The number of primary amides is 1. The second-order valence-electron chi connectivity index (χ2n) is 5.68. The smallest absolute Gasteiger partial charge is 0.312 e. The van der Waals surface area contributed by atoms with Crippen molar-refractivity contribution in [2.75, 3.05) is 0 Å². The van der Waals surface area contributed by atoms with Gasteiger partial charge < -0.3 is 16.4 Å². The highest BCUT2D eigenvalue weighted by Gasteiger charge is 2.20. The zero-order valence-corrected chi connectivity index (χ0v) is 13.6. The first kappa shape index (κ1) is 18.4. The van der Waals surface area contributed by atoms with Crippen LogP contribution in [0.2, 0.25) is 0 Å². The Bertz CT molecular complexity index is 767. The molecule has 25 heavy (non-hydrogen) atoms. The summed E-state index contributed by atoms with van der Waals surface area (Å²) in [5.41, 5.74) is 6.19. The molecule has 0 aromatic heterocycles. The normalized spacial score (nSPS) is 12.9. The number of amides is 3. The summed E-state index contributed by atoms with van der Waals surface area (Å²) in [6.45, 7) is 1.48. The number of rotatable bonds is 6. The predicted octanol–water partition coefficient (Wildman–Crippen LogP) is 2.42. The molecule has 0 aliphatic carbocycles. The lowest BCUT2D eigenvalue weighted by molar-refractivity contribution is -0.123. The van der Waals surface area contributed by atoms with Gasteiger partial charge in [-0.2, -0.15) is 0 Å². The Labute approximate surface area is 144 Å². The topological polar surface area (TPSA) is 84.2 Å². The Kier molecular flexibility index (Phi) is 6.05. The fraction of sp³-hybridized carbons (Fsp3) is 0.222. The molecule has 2 aromatic rings. The van der Waals surface area contributed by atoms with Gasteiger partial charge in [0.05, 0.1) is 6.04 Å². The highest BCUT2D eigenvalue weighted by atomic mass is 19.1. The van der Waals surface area contributed by atoms with Crippen molar-refractivity contribution in [1.29, 1.82) is 0 Å². The van der Waals surface area contributed by atoms with E-state index in [1.165, 1.54) is 37.3 Å². The number of carbonyl (C=O) groups excluding carboxylic acids is 2. The first-order valence-corrected chi connectivity index (χ1v) is 7.71. The summed E-state index contributed by atoms with van der Waals surface area (Å²) in [5.74, 6) is -1.32. The van der Waals surface area contributed by atoms with Crippen molar-refractivity contribution in [3.05, 3.63) is 71.3 Å². The molecule has 2 atom stereocenters. The van der Waals surface area contributed by atoms with Crippen LogP contribution in [-0.4, -0.2) is 18.0 Å². The van der Waals surface area contributed by atoms with Gasteiger partial charge in [-0.25, -0.2) is 13.6 Å². The summed E-state index contributed by atoms with van der Waals surface area (Å²) < 4.78 is 27.0. The number of halogens is 2. The summed E-state index contributed by atoms with van der Waals surface area (Å²) in [6, 6.07) is 9.46. The Balaban J connectivity index is 2.23. The summed E-state index contributed by atoms with van der Waals surface area (Å²) in [4.78, 5) is 23.1. The first-order chi connectivity index (χ1) is 11.8. The summed E-state index contributed by atoms with van der Waals surface area (Å²) in [6.07, 6.45) is 0.260. The van der Waals surface area contributed by atoms with E-state index < -0.39 is 35.7 Å². The molecule has 0 aliphatic heterocycles. The minimum absolute atomic E-state index is 0.260. The first-order valence-electron chi connectivity index (χ1n) is 7.71. The average Bonchev–Trinajstić information content (AvgIpc) is 2.53. The van der Waals surface area contributed by atoms with Crippen LogP contribution >= 0.6 is 0 Å². The lowest BCUT2D eigenvalue weighted by atomic mass is 9.98. The zero-order valence-electron chi connectivity index (χ0n) is 13.6. The lowest BCUT2D eigenvalue weighted by Gasteiger charge is -2.22. The van der Waals surface area contributed by atoms with Crippen LogP contribution in [0.4, 0.5) is 13.6 Å². The van der Waals surface area contributed by atoms with Crippen molar-refractivity contribution >= 4 is 11.9 Å². The predicted molar refractivity (Wildman–Crippen MR) is 89.6 cm³/mol. The quantitative estimate of drug-likeness (QED) is 0.750. The fourth-order valence-corrected chi connectivity index (χ4v) is 2.45. The standard InChI is InChI=1S/C18H19F2N3O2/c1-11(22-18(21)25)17(24)23-16(13-5-3-7-15(20)10-13)9-12-4-2-6-14(19)8-12/h2-8,10-11,16H,9H2,1H3,(H,23,24)(H3,21,22,25)/t11-,16-/m0/s1. The SMILES string of the molecule is C[C@H](NC(N)=O)C(=O)N[C@@H](Cc1cccc(F)c1)c1cccc(F)c1. The van der Waals surface area contributed by atoms with Crippen LogP contribution in [0.15, 0.2) is 48.5 Å². The molecule has 0 saturated heterocycles. The minimum Gasteiger partial charge on any atom is -0.352 e. The van der Waals surface area contributed by atoms with Crippen LogP contribution in [0.5, 0.6) is 0 Å². The Morgan fingerprint density at radius 1 is 1.04 bits per heavy atom. The zero-order chi connectivity index (χ0) is 18.4. The molecule has 2 rings (SSSR count). The molecule has 0 radical (unpaired) electrons. The van der Waals surface area contributed by atoms with Crippen molar-refractivity contribution in [3.8, 4) is 0 Å². The maximum atomic E-state index is 13.6. The molecule has 132 valence electrons. The van der Waals surface area contributed by atoms with E-state index in [0.717, 1.165) is 0 Å². The second-order valence-corrected chi connectivity index (χ2v) is 5.68. The van der Waals surface area contributed by atoms with Crippen LogP contribution in [0, 0.1) is 11.6 Å². The van der Waals surface area contributed by atoms with E-state index in [1.54, 1.807) is 18.2 Å². The van der Waals surface area contributed by atoms with Crippen LogP contribution < -0.4 is 16.4 Å². The van der Waals surface area contributed by atoms with Crippen molar-refractivity contribution in [3.63, 3.8) is 0 Å². The van der Waals surface area contributed by atoms with Gasteiger partial charge in [0.2, 0.25) is 5.91 Å². The van der Waals surface area contributed by atoms with E-state index in [2.05, 4.69) is 10.6 Å². The molecule has 0 bridgehead atoms. The van der Waals surface area contributed by atoms with Crippen LogP contribution in [0.1, 0.15) is 24.1 Å². The number of nitrogens with one attached hydrogen (secondary N) is 2. The van der Waals surface area contributed by atoms with Crippen LogP contribution in [0.25, 0.3) is 0 Å². The van der Waals surface area contributed by atoms with Crippen LogP contribution in [-0.2, 0) is 11.2 Å². The number of hydrogen-bond donors (Lipinski definition) is 3. The third-order valence-electron chi connectivity index (χ3n) is 3.65. The molecule has 0 unspecified atom stereocenters. The van der Waals surface area contributed by atoms with Gasteiger partial charge in [0.15, 0.2) is 0 Å². The number of urea groups is 1. The summed E-state index contributed by atoms with van der Waals surface area (Å²) >= 11 is 0. The Morgan fingerprint density at radius 2 is 1.68 bits per heavy atom. The summed E-state index contributed by atoms with van der Waals surface area (Å²) in [5, 5.41) is 5.01. The third kappa shape index (κ3) is 5.56. The van der Waals surface area contributed by atoms with Crippen molar-refractivity contribution < 1.29 is 18.4 Å². The molecule has 2 aromatic carbocycles. The second kappa shape index (κ2) is 8.23. The summed E-state index contributed by atoms with van der Waals surface area (Å²) in [7, 11) is 0. The highest BCUT2D eigenvalue weighted by Crippen LogP contribution is 2.20. The molecular weight excluding hydrogens is 328 g/mol. The van der Waals surface area contributed by atoms with Crippen molar-refractivity contribution in [2.24, 2.45) is 5.73 Å². The monoisotopic (exact) mass is 347 g/mol. The highest BCUT2D eigenvalue weighted by molar-refractivity contribution is 5.86. The molecule has 0 fully saturated rings. The molecule has 0 spiro atoms. The van der Waals surface area contributed by atoms with Gasteiger partial charge in [0.1, 0.15) is 17.7 Å². The number of nitrogens with two attached hydrogens (primary N) is 1. The number of hydrogen-bond acceptors (Lipinski definition) is 2. The van der Waals surface area contributed by atoms with Crippen molar-refractivity contribution in [2.45, 2.75) is 25.4 Å². The van der Waals surface area contributed by atoms with Gasteiger partial charge in [-0.05, 0) is 48.7 Å². The largest absolute Gasteiger partial charge is 0.352 e. The molecule has 4 N–H and O–H groups in total. The molecular formula is C18H19F2N3O2. The van der Waals surface area contributed by atoms with Gasteiger partial charge in [-0.3, -0.25) is 4.79 Å². The van der Waals surface area contributed by atoms with Gasteiger partial charge in [0.25, 0.3) is 0 Å². The van der Waals surface area contributed by atoms with Crippen molar-refractivity contribution in [1.82, 2.24) is 10.6 Å². The van der Waals surface area contributed by atoms with Gasteiger partial charge in [-0.15, -0.1) is 0 Å². The van der Waals surface area contributed by atoms with E-state index in [1.807, 2.05) is 0 Å². The fourth-order valence-electron chi connectivity index (χ4n) is 2.45. The van der Waals surface area contributed by atoms with Crippen LogP contribution in [0.3, 0.4) is 0 Å². The average molecular weight is 347 g/mol. The van der Waals surface area contributed by atoms with E-state index in [9.17, 15) is 18.4 Å². The minimum atomic E-state index is -0.860. The Hall–Kier alpha value is -2.96. The maximum absolute atomic E-state index is 13.6. The Morgan fingerprint density at radius 3 is 2.28 bits per heavy atom. The molecule has 0 saturated carbocycles. The van der Waals surface area contributed by atoms with E-state index in [-0.39, 0.29) is 6.42 Å². The number of carbonyl (C=O) groups is 2. The van der Waals surface area contributed by atoms with Gasteiger partial charge in [0, 0.05) is 0 Å². The molecule has 0 heterocycles. The maximum Gasteiger partial charge on any atom is 0.312 e. The van der Waals surface area contributed by atoms with E-state index in [4.69, 9.17) is 5.73 Å². The number of benzene rings is 2. The molecule has 3 amide bonds. The van der Waals surface area contributed by atoms with Gasteiger partial charge >= 0.3 is 6.03 Å².